The van der Waals surface area contributed by atoms with Gasteiger partial charge in [0.2, 0.25) is 0 Å². The fourth-order valence-corrected chi connectivity index (χ4v) is 1.40. The maximum absolute atomic E-state index is 11.7. The van der Waals surface area contributed by atoms with Gasteiger partial charge >= 0.3 is 0 Å². The minimum atomic E-state index is -0.422. The molecule has 0 bridgehead atoms. The average Bonchev–Trinajstić information content (AvgIpc) is 2.38. The van der Waals surface area contributed by atoms with Crippen molar-refractivity contribution in [1.82, 2.24) is 15.5 Å². The van der Waals surface area contributed by atoms with E-state index < -0.39 is 5.91 Å². The van der Waals surface area contributed by atoms with E-state index in [1.165, 1.54) is 12.1 Å². The molecule has 0 aliphatic rings. The molecule has 1 aromatic carbocycles. The smallest absolute Gasteiger partial charge is 0.271 e. The van der Waals surface area contributed by atoms with E-state index in [4.69, 9.17) is 0 Å². The molecule has 1 amide bonds. The number of aromatic hydroxyl groups is 1. The van der Waals surface area contributed by atoms with Crippen LogP contribution in [-0.4, -0.2) is 21.2 Å². The van der Waals surface area contributed by atoms with Crippen molar-refractivity contribution in [2.75, 3.05) is 0 Å². The van der Waals surface area contributed by atoms with Crippen LogP contribution in [0, 0.1) is 0 Å². The molecule has 18 heavy (non-hydrogen) atoms. The molecule has 0 unspecified atom stereocenters. The number of phenolic OH excluding ortho intramolecular Hbond substituents is 1. The van der Waals surface area contributed by atoms with Gasteiger partial charge in [-0.3, -0.25) is 9.59 Å². The van der Waals surface area contributed by atoms with Gasteiger partial charge in [-0.2, -0.15) is 5.10 Å². The summed E-state index contributed by atoms with van der Waals surface area (Å²) >= 11 is 0. The lowest BCUT2D eigenvalue weighted by Gasteiger charge is -2.05. The van der Waals surface area contributed by atoms with Gasteiger partial charge in [0.25, 0.3) is 11.5 Å². The molecule has 3 N–H and O–H groups in total. The fraction of sp³-hybridized carbons (Fsp3) is 0.0833. The van der Waals surface area contributed by atoms with E-state index in [1.54, 1.807) is 24.3 Å². The zero-order chi connectivity index (χ0) is 13.0. The van der Waals surface area contributed by atoms with Crippen molar-refractivity contribution in [3.05, 3.63) is 58.0 Å². The molecule has 92 valence electrons. The number of benzene rings is 1. The molecule has 2 rings (SSSR count). The quantitative estimate of drug-likeness (QED) is 0.729. The first kappa shape index (κ1) is 11.8. The van der Waals surface area contributed by atoms with Gasteiger partial charge in [0.05, 0.1) is 0 Å². The van der Waals surface area contributed by atoms with Crippen molar-refractivity contribution < 1.29 is 9.90 Å². The average molecular weight is 245 g/mol. The van der Waals surface area contributed by atoms with E-state index in [0.29, 0.717) is 5.56 Å². The summed E-state index contributed by atoms with van der Waals surface area (Å²) < 4.78 is 0. The van der Waals surface area contributed by atoms with Crippen LogP contribution >= 0.6 is 0 Å². The summed E-state index contributed by atoms with van der Waals surface area (Å²) in [4.78, 5) is 22.4. The molecule has 0 fully saturated rings. The summed E-state index contributed by atoms with van der Waals surface area (Å²) in [6.45, 7) is 0.187. The Bertz CT molecular complexity index is 601. The monoisotopic (exact) mass is 245 g/mol. The highest BCUT2D eigenvalue weighted by molar-refractivity contribution is 5.91. The molecule has 0 aliphatic carbocycles. The molecule has 2 aromatic rings. The van der Waals surface area contributed by atoms with Crippen LogP contribution in [0.25, 0.3) is 0 Å². The molecule has 1 heterocycles. The summed E-state index contributed by atoms with van der Waals surface area (Å²) in [5, 5.41) is 17.9. The first-order chi connectivity index (χ1) is 8.66. The standard InChI is InChI=1S/C12H11N3O3/c16-10-4-2-1-3-8(10)7-13-12(18)9-5-6-11(17)15-14-9/h1-6,16H,7H2,(H,13,18)(H,15,17). The van der Waals surface area contributed by atoms with Gasteiger partial charge in [0.1, 0.15) is 11.4 Å². The van der Waals surface area contributed by atoms with Crippen LogP contribution < -0.4 is 10.9 Å². The summed E-state index contributed by atoms with van der Waals surface area (Å²) in [6, 6.07) is 9.26. The van der Waals surface area contributed by atoms with E-state index in [-0.39, 0.29) is 23.5 Å². The van der Waals surface area contributed by atoms with Crippen molar-refractivity contribution in [2.24, 2.45) is 0 Å². The number of aromatic amines is 1. The van der Waals surface area contributed by atoms with E-state index in [1.807, 2.05) is 0 Å². The molecule has 0 spiro atoms. The molecule has 0 saturated carbocycles. The Hall–Kier alpha value is -2.63. The number of carbonyl (C=O) groups excluding carboxylic acids is 1. The lowest BCUT2D eigenvalue weighted by molar-refractivity contribution is 0.0944. The van der Waals surface area contributed by atoms with Crippen LogP contribution in [0.4, 0.5) is 0 Å². The predicted molar refractivity (Wildman–Crippen MR) is 64.1 cm³/mol. The van der Waals surface area contributed by atoms with Gasteiger partial charge in [-0.1, -0.05) is 18.2 Å². The summed E-state index contributed by atoms with van der Waals surface area (Å²) in [7, 11) is 0. The Morgan fingerprint density at radius 1 is 1.28 bits per heavy atom. The van der Waals surface area contributed by atoms with Gasteiger partial charge in [-0.25, -0.2) is 5.10 Å². The van der Waals surface area contributed by atoms with Gasteiger partial charge in [-0.15, -0.1) is 0 Å². The van der Waals surface area contributed by atoms with Crippen LogP contribution in [0.3, 0.4) is 0 Å². The third kappa shape index (κ3) is 2.73. The van der Waals surface area contributed by atoms with Gasteiger partial charge in [0.15, 0.2) is 0 Å². The summed E-state index contributed by atoms with van der Waals surface area (Å²) in [5.74, 6) is -0.304. The molecule has 0 atom stereocenters. The Balaban J connectivity index is 2.03. The summed E-state index contributed by atoms with van der Waals surface area (Å²) in [6.07, 6.45) is 0. The van der Waals surface area contributed by atoms with Gasteiger partial charge in [0, 0.05) is 18.2 Å². The molecular weight excluding hydrogens is 234 g/mol. The first-order valence-electron chi connectivity index (χ1n) is 5.27. The Morgan fingerprint density at radius 3 is 2.72 bits per heavy atom. The highest BCUT2D eigenvalue weighted by Gasteiger charge is 2.07. The largest absolute Gasteiger partial charge is 0.508 e. The third-order valence-corrected chi connectivity index (χ3v) is 2.34. The van der Waals surface area contributed by atoms with Crippen LogP contribution in [0.1, 0.15) is 16.1 Å². The number of rotatable bonds is 3. The van der Waals surface area contributed by atoms with E-state index in [0.717, 1.165) is 0 Å². The third-order valence-electron chi connectivity index (χ3n) is 2.34. The van der Waals surface area contributed by atoms with E-state index in [2.05, 4.69) is 15.5 Å². The van der Waals surface area contributed by atoms with Gasteiger partial charge in [-0.05, 0) is 12.1 Å². The lowest BCUT2D eigenvalue weighted by atomic mass is 10.2. The fourth-order valence-electron chi connectivity index (χ4n) is 1.40. The number of aromatic nitrogens is 2. The second-order valence-electron chi connectivity index (χ2n) is 3.62. The minimum absolute atomic E-state index is 0.116. The second-order valence-corrected chi connectivity index (χ2v) is 3.62. The number of hydrogen-bond donors (Lipinski definition) is 3. The Morgan fingerprint density at radius 2 is 2.06 bits per heavy atom. The van der Waals surface area contributed by atoms with Crippen LogP contribution in [0.2, 0.25) is 0 Å². The maximum atomic E-state index is 11.7. The number of phenols is 1. The van der Waals surface area contributed by atoms with E-state index >= 15 is 0 Å². The lowest BCUT2D eigenvalue weighted by Crippen LogP contribution is -2.25. The molecule has 0 aliphatic heterocycles. The van der Waals surface area contributed by atoms with Gasteiger partial charge < -0.3 is 10.4 Å². The Kier molecular flexibility index (Phi) is 3.38. The predicted octanol–water partition coefficient (Wildman–Crippen LogP) is 0.406. The normalized spacial score (nSPS) is 10.0. The molecule has 0 radical (unpaired) electrons. The SMILES string of the molecule is O=C(NCc1ccccc1O)c1ccc(=O)[nH]n1. The zero-order valence-corrected chi connectivity index (χ0v) is 9.38. The topological polar surface area (TPSA) is 95.1 Å². The molecular formula is C12H11N3O3. The molecule has 1 aromatic heterocycles. The van der Waals surface area contributed by atoms with Crippen LogP contribution in [0.15, 0.2) is 41.2 Å². The number of carbonyl (C=O) groups is 1. The number of amides is 1. The van der Waals surface area contributed by atoms with Crippen molar-refractivity contribution in [2.45, 2.75) is 6.54 Å². The molecule has 6 heteroatoms. The zero-order valence-electron chi connectivity index (χ0n) is 9.38. The van der Waals surface area contributed by atoms with Crippen molar-refractivity contribution in [3.63, 3.8) is 0 Å². The maximum Gasteiger partial charge on any atom is 0.271 e. The molecule has 6 nitrogen and oxygen atoms in total. The number of nitrogens with zero attached hydrogens (tertiary/aromatic N) is 1. The molecule has 0 saturated heterocycles. The Labute approximate surface area is 102 Å². The first-order valence-corrected chi connectivity index (χ1v) is 5.27. The number of hydrogen-bond acceptors (Lipinski definition) is 4. The van der Waals surface area contributed by atoms with Crippen molar-refractivity contribution in [3.8, 4) is 5.75 Å². The van der Waals surface area contributed by atoms with Crippen LogP contribution in [-0.2, 0) is 6.54 Å². The second kappa shape index (κ2) is 5.13. The summed E-state index contributed by atoms with van der Waals surface area (Å²) in [5.41, 5.74) is 0.354. The minimum Gasteiger partial charge on any atom is -0.508 e. The van der Waals surface area contributed by atoms with Crippen LogP contribution in [0.5, 0.6) is 5.75 Å². The highest BCUT2D eigenvalue weighted by atomic mass is 16.3. The van der Waals surface area contributed by atoms with Crippen molar-refractivity contribution >= 4 is 5.91 Å². The number of para-hydroxylation sites is 1. The highest BCUT2D eigenvalue weighted by Crippen LogP contribution is 2.14. The van der Waals surface area contributed by atoms with Crippen molar-refractivity contribution in [1.29, 1.82) is 0 Å². The number of nitrogens with one attached hydrogen (secondary N) is 2. The number of H-pyrrole nitrogens is 1. The van der Waals surface area contributed by atoms with E-state index in [9.17, 15) is 14.7 Å².